The third-order valence-electron chi connectivity index (χ3n) is 3.10. The average Bonchev–Trinajstić information content (AvgIpc) is 3.02. The van der Waals surface area contributed by atoms with Crippen molar-refractivity contribution in [3.05, 3.63) is 54.1 Å². The van der Waals surface area contributed by atoms with Gasteiger partial charge in [0.1, 0.15) is 5.82 Å². The summed E-state index contributed by atoms with van der Waals surface area (Å²) >= 11 is 1.40. The Bertz CT molecular complexity index is 726. The number of nitrogens with one attached hydrogen (secondary N) is 1. The maximum Gasteiger partial charge on any atom is 0.202 e. The van der Waals surface area contributed by atoms with Crippen LogP contribution in [0, 0.1) is 0 Å². The molecule has 22 heavy (non-hydrogen) atoms. The lowest BCUT2D eigenvalue weighted by molar-refractivity contribution is 0.860. The second-order valence-corrected chi connectivity index (χ2v) is 5.60. The van der Waals surface area contributed by atoms with Crippen molar-refractivity contribution in [3.8, 4) is 11.4 Å². The number of hydrogen-bond donors (Lipinski definition) is 1. The van der Waals surface area contributed by atoms with Crippen LogP contribution in [0.3, 0.4) is 0 Å². The fourth-order valence-corrected chi connectivity index (χ4v) is 2.66. The first-order valence-electron chi connectivity index (χ1n) is 7.29. The van der Waals surface area contributed by atoms with Crippen molar-refractivity contribution in [2.75, 3.05) is 5.32 Å². The number of anilines is 1. The SMILES string of the molecule is CCCc1nsc(NCc2cccc(-c3ccccn3)n2)n1. The van der Waals surface area contributed by atoms with Crippen LogP contribution in [0.2, 0.25) is 0 Å². The molecule has 3 heterocycles. The van der Waals surface area contributed by atoms with Crippen LogP contribution >= 0.6 is 11.5 Å². The Morgan fingerprint density at radius 2 is 1.95 bits per heavy atom. The van der Waals surface area contributed by atoms with Crippen LogP contribution in [0.4, 0.5) is 5.13 Å². The molecule has 6 heteroatoms. The number of rotatable bonds is 6. The molecule has 0 fully saturated rings. The van der Waals surface area contributed by atoms with Gasteiger partial charge in [-0.15, -0.1) is 0 Å². The zero-order chi connectivity index (χ0) is 15.2. The van der Waals surface area contributed by atoms with Gasteiger partial charge in [0, 0.05) is 24.2 Å². The van der Waals surface area contributed by atoms with Crippen molar-refractivity contribution < 1.29 is 0 Å². The Morgan fingerprint density at radius 1 is 1.05 bits per heavy atom. The molecule has 5 nitrogen and oxygen atoms in total. The number of aromatic nitrogens is 4. The molecular formula is C16H17N5S. The molecule has 112 valence electrons. The van der Waals surface area contributed by atoms with E-state index in [4.69, 9.17) is 0 Å². The summed E-state index contributed by atoms with van der Waals surface area (Å²) in [6.07, 6.45) is 3.76. The lowest BCUT2D eigenvalue weighted by atomic mass is 10.2. The van der Waals surface area contributed by atoms with Gasteiger partial charge in [0.05, 0.1) is 23.6 Å². The molecule has 0 bridgehead atoms. The monoisotopic (exact) mass is 311 g/mol. The molecule has 0 amide bonds. The van der Waals surface area contributed by atoms with Crippen molar-refractivity contribution >= 4 is 16.7 Å². The molecule has 0 aromatic carbocycles. The summed E-state index contributed by atoms with van der Waals surface area (Å²) in [5.41, 5.74) is 2.71. The van der Waals surface area contributed by atoms with Crippen molar-refractivity contribution in [1.82, 2.24) is 19.3 Å². The fourth-order valence-electron chi connectivity index (χ4n) is 2.05. The molecule has 3 aromatic heterocycles. The van der Waals surface area contributed by atoms with Gasteiger partial charge in [-0.05, 0) is 30.7 Å². The molecule has 0 unspecified atom stereocenters. The molecule has 0 atom stereocenters. The quantitative estimate of drug-likeness (QED) is 0.754. The summed E-state index contributed by atoms with van der Waals surface area (Å²) in [7, 11) is 0. The first-order chi connectivity index (χ1) is 10.8. The van der Waals surface area contributed by atoms with Gasteiger partial charge in [-0.3, -0.25) is 4.98 Å². The van der Waals surface area contributed by atoms with Crippen molar-refractivity contribution in [1.29, 1.82) is 0 Å². The van der Waals surface area contributed by atoms with Gasteiger partial charge in [0.25, 0.3) is 0 Å². The Balaban J connectivity index is 1.67. The molecule has 0 saturated heterocycles. The highest BCUT2D eigenvalue weighted by Crippen LogP contribution is 2.16. The number of aryl methyl sites for hydroxylation is 1. The second kappa shape index (κ2) is 7.09. The molecule has 3 aromatic rings. The van der Waals surface area contributed by atoms with Crippen molar-refractivity contribution in [2.45, 2.75) is 26.3 Å². The van der Waals surface area contributed by atoms with E-state index in [-0.39, 0.29) is 0 Å². The Hall–Kier alpha value is -2.34. The van der Waals surface area contributed by atoms with Crippen LogP contribution in [0.1, 0.15) is 24.9 Å². The van der Waals surface area contributed by atoms with E-state index < -0.39 is 0 Å². The highest BCUT2D eigenvalue weighted by molar-refractivity contribution is 7.09. The van der Waals surface area contributed by atoms with Gasteiger partial charge < -0.3 is 5.32 Å². The van der Waals surface area contributed by atoms with Gasteiger partial charge in [0.2, 0.25) is 5.13 Å². The van der Waals surface area contributed by atoms with E-state index in [1.807, 2.05) is 36.4 Å². The normalized spacial score (nSPS) is 10.6. The standard InChI is InChI=1S/C16H17N5S/c1-2-6-15-20-16(22-21-15)18-11-12-7-5-9-14(19-12)13-8-3-4-10-17-13/h3-5,7-10H,2,6,11H2,1H3,(H,18,20,21). The van der Waals surface area contributed by atoms with Crippen LogP contribution < -0.4 is 5.32 Å². The minimum atomic E-state index is 0.626. The third kappa shape index (κ3) is 3.65. The average molecular weight is 311 g/mol. The van der Waals surface area contributed by atoms with Crippen LogP contribution in [-0.2, 0) is 13.0 Å². The zero-order valence-electron chi connectivity index (χ0n) is 12.4. The highest BCUT2D eigenvalue weighted by Gasteiger charge is 2.05. The van der Waals surface area contributed by atoms with Crippen LogP contribution in [0.5, 0.6) is 0 Å². The van der Waals surface area contributed by atoms with E-state index in [2.05, 4.69) is 31.6 Å². The molecule has 0 radical (unpaired) electrons. The lowest BCUT2D eigenvalue weighted by Crippen LogP contribution is -2.02. The minimum absolute atomic E-state index is 0.626. The minimum Gasteiger partial charge on any atom is -0.355 e. The topological polar surface area (TPSA) is 63.6 Å². The van der Waals surface area contributed by atoms with E-state index in [1.165, 1.54) is 11.5 Å². The summed E-state index contributed by atoms with van der Waals surface area (Å²) in [4.78, 5) is 13.4. The third-order valence-corrected chi connectivity index (χ3v) is 3.81. The number of hydrogen-bond acceptors (Lipinski definition) is 6. The highest BCUT2D eigenvalue weighted by atomic mass is 32.1. The lowest BCUT2D eigenvalue weighted by Gasteiger charge is -2.04. The Kier molecular flexibility index (Phi) is 4.70. The molecular weight excluding hydrogens is 294 g/mol. The first kappa shape index (κ1) is 14.6. The number of pyridine rings is 2. The maximum atomic E-state index is 4.63. The molecule has 3 rings (SSSR count). The van der Waals surface area contributed by atoms with E-state index in [0.717, 1.165) is 40.9 Å². The van der Waals surface area contributed by atoms with Gasteiger partial charge in [-0.1, -0.05) is 19.1 Å². The van der Waals surface area contributed by atoms with Gasteiger partial charge >= 0.3 is 0 Å². The smallest absolute Gasteiger partial charge is 0.202 e. The van der Waals surface area contributed by atoms with Gasteiger partial charge in [-0.25, -0.2) is 9.97 Å². The summed E-state index contributed by atoms with van der Waals surface area (Å²) in [6, 6.07) is 11.8. The summed E-state index contributed by atoms with van der Waals surface area (Å²) in [6.45, 7) is 2.75. The van der Waals surface area contributed by atoms with Crippen LogP contribution in [0.25, 0.3) is 11.4 Å². The predicted octanol–water partition coefficient (Wildman–Crippen LogP) is 3.56. The Morgan fingerprint density at radius 3 is 2.77 bits per heavy atom. The summed E-state index contributed by atoms with van der Waals surface area (Å²) in [5, 5.41) is 4.12. The fraction of sp³-hybridized carbons (Fsp3) is 0.250. The van der Waals surface area contributed by atoms with Crippen LogP contribution in [-0.4, -0.2) is 19.3 Å². The molecule has 0 spiro atoms. The largest absolute Gasteiger partial charge is 0.355 e. The van der Waals surface area contributed by atoms with Crippen LogP contribution in [0.15, 0.2) is 42.6 Å². The summed E-state index contributed by atoms with van der Waals surface area (Å²) in [5.74, 6) is 0.908. The van der Waals surface area contributed by atoms with Gasteiger partial charge in [0.15, 0.2) is 0 Å². The summed E-state index contributed by atoms with van der Waals surface area (Å²) < 4.78 is 4.32. The van der Waals surface area contributed by atoms with E-state index in [0.29, 0.717) is 6.54 Å². The van der Waals surface area contributed by atoms with E-state index in [9.17, 15) is 0 Å². The first-order valence-corrected chi connectivity index (χ1v) is 8.06. The van der Waals surface area contributed by atoms with Crippen molar-refractivity contribution in [2.24, 2.45) is 0 Å². The Labute approximate surface area is 133 Å². The maximum absolute atomic E-state index is 4.63. The predicted molar refractivity (Wildman–Crippen MR) is 88.7 cm³/mol. The van der Waals surface area contributed by atoms with Gasteiger partial charge in [-0.2, -0.15) is 4.37 Å². The van der Waals surface area contributed by atoms with E-state index in [1.54, 1.807) is 6.20 Å². The molecule has 0 saturated carbocycles. The van der Waals surface area contributed by atoms with Crippen molar-refractivity contribution in [3.63, 3.8) is 0 Å². The zero-order valence-corrected chi connectivity index (χ0v) is 13.2. The molecule has 0 aliphatic heterocycles. The molecule has 0 aliphatic carbocycles. The molecule has 1 N–H and O–H groups in total. The second-order valence-electron chi connectivity index (χ2n) is 4.85. The number of nitrogens with zero attached hydrogens (tertiary/aromatic N) is 4. The molecule has 0 aliphatic rings. The van der Waals surface area contributed by atoms with E-state index >= 15 is 0 Å².